The van der Waals surface area contributed by atoms with Crippen LogP contribution >= 0.6 is 0 Å². The summed E-state index contributed by atoms with van der Waals surface area (Å²) in [5.41, 5.74) is 0.277. The average molecular weight is 376 g/mol. The molecular formula is C20H37N7. The van der Waals surface area contributed by atoms with E-state index in [-0.39, 0.29) is 5.54 Å². The molecule has 2 fully saturated rings. The van der Waals surface area contributed by atoms with Crippen LogP contribution in [0.15, 0.2) is 23.5 Å². The Morgan fingerprint density at radius 2 is 1.89 bits per heavy atom. The van der Waals surface area contributed by atoms with Crippen LogP contribution in [0, 0.1) is 0 Å². The minimum Gasteiger partial charge on any atom is -0.356 e. The van der Waals surface area contributed by atoms with Crippen LogP contribution in [0.1, 0.15) is 38.5 Å². The molecule has 0 radical (unpaired) electrons. The largest absolute Gasteiger partial charge is 0.356 e. The maximum Gasteiger partial charge on any atom is 0.191 e. The molecule has 27 heavy (non-hydrogen) atoms. The summed E-state index contributed by atoms with van der Waals surface area (Å²) < 4.78 is 1.97. The number of aliphatic imine (C=N–C) groups is 1. The van der Waals surface area contributed by atoms with E-state index in [1.165, 1.54) is 58.3 Å². The van der Waals surface area contributed by atoms with Crippen molar-refractivity contribution in [3.05, 3.63) is 18.5 Å². The van der Waals surface area contributed by atoms with Crippen LogP contribution in [0.2, 0.25) is 0 Å². The molecule has 0 aromatic carbocycles. The van der Waals surface area contributed by atoms with E-state index < -0.39 is 0 Å². The minimum atomic E-state index is 0.277. The lowest BCUT2D eigenvalue weighted by Crippen LogP contribution is -2.62. The molecule has 7 heteroatoms. The van der Waals surface area contributed by atoms with Crippen LogP contribution < -0.4 is 10.6 Å². The molecule has 0 bridgehead atoms. The summed E-state index contributed by atoms with van der Waals surface area (Å²) in [5, 5.41) is 11.4. The van der Waals surface area contributed by atoms with Crippen LogP contribution in [-0.2, 0) is 6.54 Å². The minimum absolute atomic E-state index is 0.277. The highest BCUT2D eigenvalue weighted by Gasteiger charge is 2.39. The van der Waals surface area contributed by atoms with Gasteiger partial charge in [-0.05, 0) is 71.4 Å². The van der Waals surface area contributed by atoms with E-state index in [4.69, 9.17) is 0 Å². The highest BCUT2D eigenvalue weighted by atomic mass is 15.3. The van der Waals surface area contributed by atoms with Gasteiger partial charge >= 0.3 is 0 Å². The normalized spacial score (nSPS) is 21.9. The average Bonchev–Trinajstić information content (AvgIpc) is 3.23. The summed E-state index contributed by atoms with van der Waals surface area (Å²) in [6, 6.07) is 1.97. The van der Waals surface area contributed by atoms with E-state index in [9.17, 15) is 0 Å². The first-order valence-corrected chi connectivity index (χ1v) is 10.6. The van der Waals surface area contributed by atoms with Gasteiger partial charge in [0.05, 0.1) is 0 Å². The topological polar surface area (TPSA) is 60.7 Å². The number of hydrogen-bond acceptors (Lipinski definition) is 4. The molecule has 3 heterocycles. The maximum absolute atomic E-state index is 4.44. The Labute approximate surface area is 164 Å². The van der Waals surface area contributed by atoms with Crippen molar-refractivity contribution >= 4 is 5.96 Å². The van der Waals surface area contributed by atoms with Gasteiger partial charge in [-0.2, -0.15) is 5.10 Å². The molecule has 0 spiro atoms. The smallest absolute Gasteiger partial charge is 0.191 e. The van der Waals surface area contributed by atoms with Gasteiger partial charge in [-0.15, -0.1) is 0 Å². The van der Waals surface area contributed by atoms with Crippen LogP contribution in [0.3, 0.4) is 0 Å². The first kappa shape index (κ1) is 20.1. The lowest BCUT2D eigenvalue weighted by molar-refractivity contribution is 0.0173. The number of guanidine groups is 1. The van der Waals surface area contributed by atoms with E-state index >= 15 is 0 Å². The summed E-state index contributed by atoms with van der Waals surface area (Å²) in [6.07, 6.45) is 11.4. The van der Waals surface area contributed by atoms with E-state index in [0.29, 0.717) is 0 Å². The Bertz CT molecular complexity index is 555. The summed E-state index contributed by atoms with van der Waals surface area (Å²) >= 11 is 0. The molecule has 7 nitrogen and oxygen atoms in total. The van der Waals surface area contributed by atoms with E-state index in [1.54, 1.807) is 0 Å². The van der Waals surface area contributed by atoms with Crippen LogP contribution in [0.25, 0.3) is 0 Å². The SMILES string of the molecule is CN=C(NCCCn1cccn1)NCC1(N2CCCCC2)CCN(C)CC1. The van der Waals surface area contributed by atoms with E-state index in [0.717, 1.165) is 32.0 Å². The standard InChI is InChI=1S/C20H37N7/c1-21-19(22-10-6-14-27-15-7-11-24-27)23-18-20(8-16-25(2)17-9-20)26-12-4-3-5-13-26/h7,11,15H,3-6,8-10,12-14,16-18H2,1-2H3,(H2,21,22,23). The predicted molar refractivity (Wildman–Crippen MR) is 111 cm³/mol. The number of aryl methyl sites for hydroxylation is 1. The van der Waals surface area contributed by atoms with Crippen LogP contribution in [-0.4, -0.2) is 84.4 Å². The van der Waals surface area contributed by atoms with Crippen molar-refractivity contribution in [1.29, 1.82) is 0 Å². The Hall–Kier alpha value is -1.60. The number of nitrogens with one attached hydrogen (secondary N) is 2. The monoisotopic (exact) mass is 375 g/mol. The van der Waals surface area contributed by atoms with Crippen LogP contribution in [0.5, 0.6) is 0 Å². The number of rotatable bonds is 7. The lowest BCUT2D eigenvalue weighted by atomic mass is 9.84. The zero-order chi connectivity index (χ0) is 19.0. The summed E-state index contributed by atoms with van der Waals surface area (Å²) in [6.45, 7) is 7.70. The van der Waals surface area contributed by atoms with Gasteiger partial charge in [0.2, 0.25) is 0 Å². The van der Waals surface area contributed by atoms with Gasteiger partial charge in [0.15, 0.2) is 5.96 Å². The third kappa shape index (κ3) is 5.69. The van der Waals surface area contributed by atoms with Gasteiger partial charge in [0.25, 0.3) is 0 Å². The Balaban J connectivity index is 1.48. The molecule has 2 saturated heterocycles. The molecule has 0 amide bonds. The molecule has 0 unspecified atom stereocenters. The quantitative estimate of drug-likeness (QED) is 0.428. The highest BCUT2D eigenvalue weighted by Crippen LogP contribution is 2.30. The fourth-order valence-electron chi connectivity index (χ4n) is 4.36. The van der Waals surface area contributed by atoms with E-state index in [2.05, 4.69) is 37.6 Å². The molecule has 1 aromatic rings. The molecule has 0 atom stereocenters. The van der Waals surface area contributed by atoms with Crippen molar-refractivity contribution in [2.24, 2.45) is 4.99 Å². The molecule has 0 aliphatic carbocycles. The van der Waals surface area contributed by atoms with Gasteiger partial charge < -0.3 is 15.5 Å². The predicted octanol–water partition coefficient (Wildman–Crippen LogP) is 1.39. The van der Waals surface area contributed by atoms with E-state index in [1.807, 2.05) is 30.2 Å². The number of nitrogens with zero attached hydrogens (tertiary/aromatic N) is 5. The van der Waals surface area contributed by atoms with Crippen LogP contribution in [0.4, 0.5) is 0 Å². The molecule has 2 aliphatic heterocycles. The fraction of sp³-hybridized carbons (Fsp3) is 0.800. The third-order valence-electron chi connectivity index (χ3n) is 6.17. The van der Waals surface area contributed by atoms with Crippen molar-refractivity contribution in [2.45, 2.75) is 50.6 Å². The molecule has 0 saturated carbocycles. The van der Waals surface area contributed by atoms with Crippen molar-refractivity contribution in [3.8, 4) is 0 Å². The van der Waals surface area contributed by atoms with Crippen molar-refractivity contribution in [3.63, 3.8) is 0 Å². The Kier molecular flexibility index (Phi) is 7.52. The zero-order valence-electron chi connectivity index (χ0n) is 17.2. The zero-order valence-corrected chi connectivity index (χ0v) is 17.2. The number of aromatic nitrogens is 2. The number of likely N-dealkylation sites (tertiary alicyclic amines) is 2. The molecular weight excluding hydrogens is 338 g/mol. The molecule has 152 valence electrons. The summed E-state index contributed by atoms with van der Waals surface area (Å²) in [4.78, 5) is 9.67. The second-order valence-corrected chi connectivity index (χ2v) is 8.05. The second-order valence-electron chi connectivity index (χ2n) is 8.05. The fourth-order valence-corrected chi connectivity index (χ4v) is 4.36. The first-order chi connectivity index (χ1) is 13.2. The number of hydrogen-bond donors (Lipinski definition) is 2. The van der Waals surface area contributed by atoms with Gasteiger partial charge in [0, 0.05) is 44.6 Å². The van der Waals surface area contributed by atoms with Crippen molar-refractivity contribution in [2.75, 3.05) is 53.4 Å². The van der Waals surface area contributed by atoms with Gasteiger partial charge in [-0.25, -0.2) is 0 Å². The second kappa shape index (κ2) is 10.1. The third-order valence-corrected chi connectivity index (χ3v) is 6.17. The van der Waals surface area contributed by atoms with Crippen molar-refractivity contribution < 1.29 is 0 Å². The molecule has 2 aliphatic rings. The van der Waals surface area contributed by atoms with Crippen molar-refractivity contribution in [1.82, 2.24) is 30.2 Å². The number of piperidine rings is 2. The molecule has 2 N–H and O–H groups in total. The first-order valence-electron chi connectivity index (χ1n) is 10.6. The lowest BCUT2D eigenvalue weighted by Gasteiger charge is -2.50. The Morgan fingerprint density at radius 3 is 2.56 bits per heavy atom. The molecule has 3 rings (SSSR count). The summed E-state index contributed by atoms with van der Waals surface area (Å²) in [7, 11) is 4.11. The van der Waals surface area contributed by atoms with Gasteiger partial charge in [-0.3, -0.25) is 14.6 Å². The van der Waals surface area contributed by atoms with Gasteiger partial charge in [-0.1, -0.05) is 6.42 Å². The molecule has 1 aromatic heterocycles. The summed E-state index contributed by atoms with van der Waals surface area (Å²) in [5.74, 6) is 0.922. The van der Waals surface area contributed by atoms with Gasteiger partial charge in [0.1, 0.15) is 0 Å². The highest BCUT2D eigenvalue weighted by molar-refractivity contribution is 5.79. The maximum atomic E-state index is 4.44. The Morgan fingerprint density at radius 1 is 1.11 bits per heavy atom.